The molecule has 0 aromatic heterocycles. The number of nitrogens with one attached hydrogen (secondary N) is 1. The number of hydrogen-bond acceptors (Lipinski definition) is 2. The van der Waals surface area contributed by atoms with Crippen LogP contribution in [0.2, 0.25) is 0 Å². The lowest BCUT2D eigenvalue weighted by atomic mass is 9.53. The average molecular weight is 364 g/mol. The van der Waals surface area contributed by atoms with Gasteiger partial charge in [0.1, 0.15) is 5.75 Å². The molecule has 5 rings (SSSR count). The van der Waals surface area contributed by atoms with Crippen molar-refractivity contribution < 1.29 is 9.53 Å². The van der Waals surface area contributed by atoms with E-state index in [4.69, 9.17) is 4.74 Å². The minimum atomic E-state index is 0.0323. The summed E-state index contributed by atoms with van der Waals surface area (Å²) in [5.41, 5.74) is 0.0783. The van der Waals surface area contributed by atoms with Crippen molar-refractivity contribution in [1.29, 1.82) is 0 Å². The molecule has 4 aliphatic carbocycles. The van der Waals surface area contributed by atoms with E-state index in [0.717, 1.165) is 28.0 Å². The normalized spacial score (nSPS) is 35.4. The Morgan fingerprint density at radius 1 is 1.09 bits per heavy atom. The second kappa shape index (κ2) is 5.55. The first-order valence-electron chi connectivity index (χ1n) is 8.30. The Labute approximate surface area is 139 Å². The van der Waals surface area contributed by atoms with Crippen molar-refractivity contribution in [2.75, 3.05) is 6.61 Å². The number of rotatable bonds is 4. The van der Waals surface area contributed by atoms with E-state index in [1.165, 1.54) is 38.5 Å². The molecule has 4 saturated carbocycles. The monoisotopic (exact) mass is 363 g/mol. The standard InChI is InChI=1S/C18H22BrNO2/c19-15-1-3-16(4-2-15)22-11-17(21)20-18-8-12-5-13(9-18)7-14(6-12)10-18/h1-4,12-14H,5-11H2,(H,20,21). The van der Waals surface area contributed by atoms with Gasteiger partial charge in [0.15, 0.2) is 6.61 Å². The zero-order chi connectivity index (χ0) is 15.2. The quantitative estimate of drug-likeness (QED) is 0.880. The Hall–Kier alpha value is -1.03. The number of ether oxygens (including phenoxy) is 1. The van der Waals surface area contributed by atoms with Gasteiger partial charge in [-0.05, 0) is 80.5 Å². The second-order valence-corrected chi connectivity index (χ2v) is 8.40. The molecule has 1 N–H and O–H groups in total. The van der Waals surface area contributed by atoms with Crippen LogP contribution in [-0.4, -0.2) is 18.1 Å². The predicted octanol–water partition coefficient (Wildman–Crippen LogP) is 3.91. The van der Waals surface area contributed by atoms with E-state index in [0.29, 0.717) is 0 Å². The van der Waals surface area contributed by atoms with Crippen LogP contribution in [-0.2, 0) is 4.79 Å². The topological polar surface area (TPSA) is 38.3 Å². The van der Waals surface area contributed by atoms with Crippen LogP contribution in [0.5, 0.6) is 5.75 Å². The van der Waals surface area contributed by atoms with E-state index in [9.17, 15) is 4.79 Å². The zero-order valence-electron chi connectivity index (χ0n) is 12.7. The van der Waals surface area contributed by atoms with E-state index in [2.05, 4.69) is 21.2 Å². The van der Waals surface area contributed by atoms with E-state index in [1.807, 2.05) is 24.3 Å². The van der Waals surface area contributed by atoms with Crippen LogP contribution in [0.25, 0.3) is 0 Å². The van der Waals surface area contributed by atoms with Gasteiger partial charge in [-0.2, -0.15) is 0 Å². The lowest BCUT2D eigenvalue weighted by Gasteiger charge is -2.56. The molecule has 4 fully saturated rings. The lowest BCUT2D eigenvalue weighted by Crippen LogP contribution is -2.60. The summed E-state index contributed by atoms with van der Waals surface area (Å²) >= 11 is 3.39. The molecular formula is C18H22BrNO2. The molecule has 4 aliphatic rings. The molecule has 0 unspecified atom stereocenters. The second-order valence-electron chi connectivity index (χ2n) is 7.49. The molecule has 1 aromatic rings. The summed E-state index contributed by atoms with van der Waals surface area (Å²) < 4.78 is 6.62. The maximum absolute atomic E-state index is 12.3. The molecule has 22 heavy (non-hydrogen) atoms. The van der Waals surface area contributed by atoms with Gasteiger partial charge < -0.3 is 10.1 Å². The molecule has 0 radical (unpaired) electrons. The third-order valence-corrected chi connectivity index (χ3v) is 6.16. The highest BCUT2D eigenvalue weighted by molar-refractivity contribution is 9.10. The fourth-order valence-electron chi connectivity index (χ4n) is 5.28. The number of benzene rings is 1. The molecule has 3 nitrogen and oxygen atoms in total. The minimum Gasteiger partial charge on any atom is -0.484 e. The van der Waals surface area contributed by atoms with Gasteiger partial charge in [-0.3, -0.25) is 4.79 Å². The summed E-state index contributed by atoms with van der Waals surface area (Å²) in [5, 5.41) is 3.33. The highest BCUT2D eigenvalue weighted by atomic mass is 79.9. The van der Waals surface area contributed by atoms with Crippen molar-refractivity contribution in [3.05, 3.63) is 28.7 Å². The first-order chi connectivity index (χ1) is 10.6. The summed E-state index contributed by atoms with van der Waals surface area (Å²) in [5.74, 6) is 3.31. The van der Waals surface area contributed by atoms with Crippen molar-refractivity contribution >= 4 is 21.8 Å². The Kier molecular flexibility index (Phi) is 3.67. The molecule has 0 atom stereocenters. The van der Waals surface area contributed by atoms with E-state index in [1.54, 1.807) is 0 Å². The molecule has 0 aliphatic heterocycles. The maximum atomic E-state index is 12.3. The Morgan fingerprint density at radius 2 is 1.64 bits per heavy atom. The summed E-state index contributed by atoms with van der Waals surface area (Å²) in [6.07, 6.45) is 7.73. The maximum Gasteiger partial charge on any atom is 0.258 e. The number of carbonyl (C=O) groups excluding carboxylic acids is 1. The van der Waals surface area contributed by atoms with Crippen molar-refractivity contribution in [1.82, 2.24) is 5.32 Å². The van der Waals surface area contributed by atoms with Gasteiger partial charge >= 0.3 is 0 Å². The first kappa shape index (κ1) is 14.6. The molecule has 0 heterocycles. The van der Waals surface area contributed by atoms with Crippen LogP contribution >= 0.6 is 15.9 Å². The number of hydrogen-bond donors (Lipinski definition) is 1. The van der Waals surface area contributed by atoms with Crippen LogP contribution < -0.4 is 10.1 Å². The average Bonchev–Trinajstić information content (AvgIpc) is 2.44. The van der Waals surface area contributed by atoms with Gasteiger partial charge in [-0.15, -0.1) is 0 Å². The SMILES string of the molecule is O=C(COc1ccc(Br)cc1)NC12CC3CC(CC(C3)C1)C2. The molecule has 1 aromatic carbocycles. The molecule has 1 amide bonds. The highest BCUT2D eigenvalue weighted by Crippen LogP contribution is 2.55. The molecule has 4 bridgehead atoms. The Morgan fingerprint density at radius 3 is 2.18 bits per heavy atom. The van der Waals surface area contributed by atoms with Gasteiger partial charge in [-0.25, -0.2) is 0 Å². The van der Waals surface area contributed by atoms with Crippen molar-refractivity contribution in [3.8, 4) is 5.75 Å². The van der Waals surface area contributed by atoms with Gasteiger partial charge in [0, 0.05) is 10.0 Å². The number of carbonyl (C=O) groups is 1. The van der Waals surface area contributed by atoms with Gasteiger partial charge in [0.2, 0.25) is 0 Å². The smallest absolute Gasteiger partial charge is 0.258 e. The van der Waals surface area contributed by atoms with Crippen LogP contribution in [0.1, 0.15) is 38.5 Å². The van der Waals surface area contributed by atoms with E-state index < -0.39 is 0 Å². The van der Waals surface area contributed by atoms with Crippen LogP contribution in [0.4, 0.5) is 0 Å². The predicted molar refractivity (Wildman–Crippen MR) is 88.7 cm³/mol. The summed E-state index contributed by atoms with van der Waals surface area (Å²) in [4.78, 5) is 12.3. The molecule has 0 saturated heterocycles. The van der Waals surface area contributed by atoms with Crippen LogP contribution in [0.15, 0.2) is 28.7 Å². The lowest BCUT2D eigenvalue weighted by molar-refractivity contribution is -0.128. The van der Waals surface area contributed by atoms with Crippen LogP contribution in [0.3, 0.4) is 0 Å². The minimum absolute atomic E-state index is 0.0323. The molecular weight excluding hydrogens is 342 g/mol. The Balaban J connectivity index is 1.35. The van der Waals surface area contributed by atoms with Crippen molar-refractivity contribution in [2.24, 2.45) is 17.8 Å². The summed E-state index contributed by atoms with van der Waals surface area (Å²) in [6.45, 7) is 0.114. The third kappa shape index (κ3) is 2.90. The largest absolute Gasteiger partial charge is 0.484 e. The fourth-order valence-corrected chi connectivity index (χ4v) is 5.54. The zero-order valence-corrected chi connectivity index (χ0v) is 14.3. The molecule has 118 valence electrons. The van der Waals surface area contributed by atoms with E-state index >= 15 is 0 Å². The van der Waals surface area contributed by atoms with Crippen molar-refractivity contribution in [2.45, 2.75) is 44.1 Å². The summed E-state index contributed by atoms with van der Waals surface area (Å²) in [7, 11) is 0. The number of halogens is 1. The molecule has 0 spiro atoms. The van der Waals surface area contributed by atoms with Gasteiger partial charge in [0.05, 0.1) is 0 Å². The Bertz CT molecular complexity index is 534. The van der Waals surface area contributed by atoms with Crippen molar-refractivity contribution in [3.63, 3.8) is 0 Å². The first-order valence-corrected chi connectivity index (χ1v) is 9.09. The number of amides is 1. The highest BCUT2D eigenvalue weighted by Gasteiger charge is 2.51. The van der Waals surface area contributed by atoms with E-state index in [-0.39, 0.29) is 18.1 Å². The molecule has 4 heteroatoms. The summed E-state index contributed by atoms with van der Waals surface area (Å²) in [6, 6.07) is 7.60. The van der Waals surface area contributed by atoms with Gasteiger partial charge in [-0.1, -0.05) is 15.9 Å². The van der Waals surface area contributed by atoms with Crippen LogP contribution in [0, 0.1) is 17.8 Å². The fraction of sp³-hybridized carbons (Fsp3) is 0.611. The van der Waals surface area contributed by atoms with Gasteiger partial charge in [0.25, 0.3) is 5.91 Å². The third-order valence-electron chi connectivity index (χ3n) is 5.63.